The largest absolute Gasteiger partial charge is 0.573 e. The number of carbonyl (C=O) groups is 1. The van der Waals surface area contributed by atoms with Crippen LogP contribution >= 0.6 is 0 Å². The van der Waals surface area contributed by atoms with Crippen molar-refractivity contribution in [2.45, 2.75) is 19.1 Å². The zero-order valence-corrected chi connectivity index (χ0v) is 22.2. The number of ether oxygens (including phenoxy) is 2. The van der Waals surface area contributed by atoms with Crippen LogP contribution in [0, 0.1) is 0 Å². The topological polar surface area (TPSA) is 124 Å². The Morgan fingerprint density at radius 3 is 2.30 bits per heavy atom. The van der Waals surface area contributed by atoms with Crippen LogP contribution in [-0.4, -0.2) is 49.1 Å². The van der Waals surface area contributed by atoms with Crippen LogP contribution in [0.3, 0.4) is 0 Å². The number of alkyl halides is 6. The molecule has 11 nitrogen and oxygen atoms in total. The smallest absolute Gasteiger partial charge is 0.494 e. The molecule has 0 radical (unpaired) electrons. The minimum Gasteiger partial charge on any atom is -0.494 e. The highest BCUT2D eigenvalue weighted by molar-refractivity contribution is 6.03. The number of aryl methyl sites for hydroxylation is 1. The van der Waals surface area contributed by atoms with Gasteiger partial charge in [0.25, 0.3) is 5.91 Å². The molecule has 224 valence electrons. The fraction of sp³-hybridized carbons (Fsp3) is 0.192. The normalized spacial score (nSPS) is 12.5. The van der Waals surface area contributed by atoms with Crippen LogP contribution in [0.2, 0.25) is 0 Å². The molecule has 2 heterocycles. The summed E-state index contributed by atoms with van der Waals surface area (Å²) in [6, 6.07) is 12.8. The minimum atomic E-state index is -4.88. The van der Waals surface area contributed by atoms with Gasteiger partial charge in [-0.2, -0.15) is 13.2 Å². The number of benzene rings is 3. The lowest BCUT2D eigenvalue weighted by atomic mass is 10.1. The van der Waals surface area contributed by atoms with Gasteiger partial charge in [-0.15, -0.1) is 13.2 Å². The van der Waals surface area contributed by atoms with Gasteiger partial charge in [0.15, 0.2) is 0 Å². The number of imidazole rings is 1. The highest BCUT2D eigenvalue weighted by Gasteiger charge is 2.33. The van der Waals surface area contributed by atoms with Crippen molar-refractivity contribution < 1.29 is 40.6 Å². The van der Waals surface area contributed by atoms with Crippen molar-refractivity contribution in [3.05, 3.63) is 83.0 Å². The Kier molecular flexibility index (Phi) is 7.56. The number of methoxy groups -OCH3 is 1. The summed E-state index contributed by atoms with van der Waals surface area (Å²) in [6.07, 6.45) is -9.57. The predicted molar refractivity (Wildman–Crippen MR) is 138 cm³/mol. The van der Waals surface area contributed by atoms with Crippen molar-refractivity contribution in [2.24, 2.45) is 12.0 Å². The molecule has 43 heavy (non-hydrogen) atoms. The molecule has 0 aliphatic heterocycles. The Balaban J connectivity index is 1.60. The number of halogens is 6. The first-order valence-corrected chi connectivity index (χ1v) is 12.2. The maximum absolute atomic E-state index is 13.8. The van der Waals surface area contributed by atoms with E-state index in [0.717, 1.165) is 24.3 Å². The van der Waals surface area contributed by atoms with E-state index in [9.17, 15) is 31.1 Å². The molecule has 0 fully saturated rings. The number of aromatic nitrogens is 6. The third-order valence-corrected chi connectivity index (χ3v) is 6.20. The summed E-state index contributed by atoms with van der Waals surface area (Å²) in [5.74, 6) is -0.989. The predicted octanol–water partition coefficient (Wildman–Crippen LogP) is 4.95. The van der Waals surface area contributed by atoms with E-state index in [-0.39, 0.29) is 40.6 Å². The van der Waals surface area contributed by atoms with Crippen molar-refractivity contribution >= 4 is 28.6 Å². The number of hydrogen-bond donors (Lipinski definition) is 2. The van der Waals surface area contributed by atoms with Crippen LogP contribution in [0.5, 0.6) is 11.5 Å². The Labute approximate surface area is 237 Å². The van der Waals surface area contributed by atoms with Crippen molar-refractivity contribution in [1.29, 1.82) is 0 Å². The molecule has 1 amide bonds. The number of aromatic amines is 1. The van der Waals surface area contributed by atoms with Crippen LogP contribution in [0.4, 0.5) is 38.0 Å². The molecule has 3 aromatic carbocycles. The van der Waals surface area contributed by atoms with Gasteiger partial charge < -0.3 is 18.6 Å². The van der Waals surface area contributed by atoms with Gasteiger partial charge in [-0.25, -0.2) is 10.1 Å². The van der Waals surface area contributed by atoms with Gasteiger partial charge in [0.05, 0.1) is 30.4 Å². The van der Waals surface area contributed by atoms with Gasteiger partial charge in [-0.3, -0.25) is 10.1 Å². The zero-order chi connectivity index (χ0) is 30.9. The van der Waals surface area contributed by atoms with E-state index in [2.05, 4.69) is 35.7 Å². The number of H-pyrrole nitrogens is 1. The fourth-order valence-corrected chi connectivity index (χ4v) is 4.31. The summed E-state index contributed by atoms with van der Waals surface area (Å²) < 4.78 is 91.4. The number of rotatable bonds is 7. The first-order chi connectivity index (χ1) is 20.3. The average molecular weight is 606 g/mol. The van der Waals surface area contributed by atoms with Crippen LogP contribution in [0.15, 0.2) is 65.7 Å². The summed E-state index contributed by atoms with van der Waals surface area (Å²) in [7, 11) is 2.81. The monoisotopic (exact) mass is 606 g/mol. The van der Waals surface area contributed by atoms with Gasteiger partial charge in [-0.05, 0) is 64.5 Å². The molecule has 0 saturated heterocycles. The van der Waals surface area contributed by atoms with Gasteiger partial charge in [0.1, 0.15) is 17.0 Å². The van der Waals surface area contributed by atoms with E-state index in [0.29, 0.717) is 11.1 Å². The highest BCUT2D eigenvalue weighted by Crippen LogP contribution is 2.36. The SMILES string of the molecule is COc1cc(C(F)(F)F)cc2c1n(C)c(=Nc1ccc(OC(F)(F)F)cc1)n2Cc1ccc(C(=O)Nc2nnn[nH]2)cc1. The number of tetrazole rings is 1. The van der Waals surface area contributed by atoms with Gasteiger partial charge in [-0.1, -0.05) is 17.2 Å². The van der Waals surface area contributed by atoms with Gasteiger partial charge >= 0.3 is 12.5 Å². The van der Waals surface area contributed by atoms with E-state index in [1.807, 2.05) is 0 Å². The van der Waals surface area contributed by atoms with E-state index in [1.165, 1.54) is 40.5 Å². The lowest BCUT2D eigenvalue weighted by molar-refractivity contribution is -0.274. The molecule has 0 saturated carbocycles. The molecule has 17 heteroatoms. The third kappa shape index (κ3) is 6.44. The standard InChI is InChI=1S/C26H20F6N8O3/c1-39-21-19(11-16(25(27,28)29)12-20(21)42-2)40(24(39)33-17-7-9-18(10-8-17)43-26(30,31)32)13-14-3-5-15(6-4-14)22(41)34-23-35-37-38-36-23/h3-12H,13H2,1-2H3,(H2,34,35,36,37,38,41). The summed E-state index contributed by atoms with van der Waals surface area (Å²) in [5, 5.41) is 15.2. The first-order valence-electron chi connectivity index (χ1n) is 12.2. The van der Waals surface area contributed by atoms with Crippen LogP contribution in [0.25, 0.3) is 11.0 Å². The van der Waals surface area contributed by atoms with Crippen molar-refractivity contribution in [1.82, 2.24) is 29.8 Å². The second kappa shape index (κ2) is 11.1. The quantitative estimate of drug-likeness (QED) is 0.253. The molecule has 2 aromatic heterocycles. The molecule has 0 aliphatic carbocycles. The highest BCUT2D eigenvalue weighted by atomic mass is 19.4. The zero-order valence-electron chi connectivity index (χ0n) is 22.2. The Morgan fingerprint density at radius 1 is 1.02 bits per heavy atom. The second-order valence-electron chi connectivity index (χ2n) is 9.04. The number of anilines is 1. The van der Waals surface area contributed by atoms with E-state index in [1.54, 1.807) is 19.2 Å². The molecular weight excluding hydrogens is 586 g/mol. The maximum Gasteiger partial charge on any atom is 0.573 e. The summed E-state index contributed by atoms with van der Waals surface area (Å²) in [5.41, 5.74) is 0.694. The lowest BCUT2D eigenvalue weighted by Gasteiger charge is -2.12. The molecule has 0 bridgehead atoms. The lowest BCUT2D eigenvalue weighted by Crippen LogP contribution is -2.24. The Morgan fingerprint density at radius 2 is 1.72 bits per heavy atom. The summed E-state index contributed by atoms with van der Waals surface area (Å²) in [6.45, 7) is 0.00380. The number of hydrogen-bond acceptors (Lipinski definition) is 7. The van der Waals surface area contributed by atoms with Crippen molar-refractivity contribution in [3.8, 4) is 11.5 Å². The van der Waals surface area contributed by atoms with E-state index in [4.69, 9.17) is 4.74 Å². The molecule has 5 aromatic rings. The molecular formula is C26H20F6N8O3. The third-order valence-electron chi connectivity index (χ3n) is 6.20. The first kappa shape index (κ1) is 29.2. The molecule has 5 rings (SSSR count). The number of nitrogens with one attached hydrogen (secondary N) is 2. The van der Waals surface area contributed by atoms with Gasteiger partial charge in [0, 0.05) is 12.6 Å². The Bertz CT molecular complexity index is 1830. The van der Waals surface area contributed by atoms with Crippen molar-refractivity contribution in [3.63, 3.8) is 0 Å². The molecule has 0 aliphatic rings. The molecule has 0 atom stereocenters. The van der Waals surface area contributed by atoms with Crippen LogP contribution < -0.4 is 20.4 Å². The van der Waals surface area contributed by atoms with Crippen LogP contribution in [-0.2, 0) is 19.8 Å². The number of fused-ring (bicyclic) bond motifs is 1. The number of carbonyl (C=O) groups excluding carboxylic acids is 1. The molecule has 2 N–H and O–H groups in total. The van der Waals surface area contributed by atoms with E-state index >= 15 is 0 Å². The maximum atomic E-state index is 13.8. The summed E-state index contributed by atoms with van der Waals surface area (Å²) in [4.78, 5) is 17.0. The second-order valence-corrected chi connectivity index (χ2v) is 9.04. The number of nitrogens with zero attached hydrogens (tertiary/aromatic N) is 6. The van der Waals surface area contributed by atoms with E-state index < -0.39 is 29.8 Å². The summed E-state index contributed by atoms with van der Waals surface area (Å²) >= 11 is 0. The number of amides is 1. The van der Waals surface area contributed by atoms with Gasteiger partial charge in [0.2, 0.25) is 11.6 Å². The minimum absolute atomic E-state index is 0.00380. The average Bonchev–Trinajstić information content (AvgIpc) is 3.55. The Hall–Kier alpha value is -5.35. The molecule has 0 unspecified atom stereocenters. The van der Waals surface area contributed by atoms with Crippen LogP contribution in [0.1, 0.15) is 21.5 Å². The molecule has 0 spiro atoms. The van der Waals surface area contributed by atoms with Crippen molar-refractivity contribution in [2.75, 3.05) is 12.4 Å². The fourth-order valence-electron chi connectivity index (χ4n) is 4.31.